The monoisotopic (exact) mass is 338 g/mol. The average molecular weight is 338 g/mol. The Hall–Kier alpha value is -2.89. The Kier molecular flexibility index (Phi) is 3.23. The Balaban J connectivity index is 1.62. The molecular weight excluding hydrogens is 320 g/mol. The van der Waals surface area contributed by atoms with Crippen molar-refractivity contribution in [1.29, 1.82) is 0 Å². The van der Waals surface area contributed by atoms with Crippen LogP contribution in [0.2, 0.25) is 0 Å². The highest BCUT2D eigenvalue weighted by Gasteiger charge is 2.26. The van der Waals surface area contributed by atoms with Gasteiger partial charge in [0.1, 0.15) is 19.9 Å². The molecule has 25 heavy (non-hydrogen) atoms. The van der Waals surface area contributed by atoms with Crippen LogP contribution in [0.3, 0.4) is 0 Å². The lowest BCUT2D eigenvalue weighted by Gasteiger charge is -2.29. The summed E-state index contributed by atoms with van der Waals surface area (Å²) in [5.74, 6) is 3.11. The van der Waals surface area contributed by atoms with Gasteiger partial charge in [0.2, 0.25) is 6.79 Å². The zero-order valence-corrected chi connectivity index (χ0v) is 13.9. The highest BCUT2D eigenvalue weighted by atomic mass is 16.7. The third-order valence-electron chi connectivity index (χ3n) is 4.68. The van der Waals surface area contributed by atoms with Crippen LogP contribution < -0.4 is 23.8 Å². The molecule has 0 unspecified atom stereocenters. The predicted molar refractivity (Wildman–Crippen MR) is 93.5 cm³/mol. The van der Waals surface area contributed by atoms with Crippen LogP contribution in [-0.2, 0) is 0 Å². The maximum atomic E-state index is 5.72. The van der Waals surface area contributed by atoms with Gasteiger partial charge in [-0.1, -0.05) is 0 Å². The van der Waals surface area contributed by atoms with Gasteiger partial charge in [-0.25, -0.2) is 0 Å². The third kappa shape index (κ3) is 2.28. The van der Waals surface area contributed by atoms with Gasteiger partial charge in [0.15, 0.2) is 23.0 Å². The largest absolute Gasteiger partial charge is 0.486 e. The first-order valence-corrected chi connectivity index (χ1v) is 8.47. The summed E-state index contributed by atoms with van der Waals surface area (Å²) in [4.78, 5) is 7.04. The first-order chi connectivity index (χ1) is 12.3. The lowest BCUT2D eigenvalue weighted by molar-refractivity contribution is 0.171. The van der Waals surface area contributed by atoms with Gasteiger partial charge in [-0.15, -0.1) is 0 Å². The molecule has 3 aliphatic heterocycles. The second-order valence-corrected chi connectivity index (χ2v) is 6.09. The van der Waals surface area contributed by atoms with Gasteiger partial charge in [0.25, 0.3) is 0 Å². The van der Waals surface area contributed by atoms with Gasteiger partial charge in [0, 0.05) is 23.7 Å². The maximum absolute atomic E-state index is 5.72. The Morgan fingerprint density at radius 1 is 0.920 bits per heavy atom. The zero-order valence-electron chi connectivity index (χ0n) is 13.9. The van der Waals surface area contributed by atoms with Gasteiger partial charge in [-0.05, 0) is 31.2 Å². The highest BCUT2D eigenvalue weighted by Crippen LogP contribution is 2.41. The topological polar surface area (TPSA) is 52.5 Å². The van der Waals surface area contributed by atoms with E-state index in [9.17, 15) is 0 Å². The van der Waals surface area contributed by atoms with Crippen LogP contribution in [-0.4, -0.2) is 38.9 Å². The molecule has 6 heteroatoms. The van der Waals surface area contributed by atoms with Gasteiger partial charge >= 0.3 is 0 Å². The van der Waals surface area contributed by atoms with E-state index in [-0.39, 0.29) is 6.79 Å². The number of aliphatic imine (C=N–C) groups is 1. The number of fused-ring (bicyclic) bond motifs is 3. The summed E-state index contributed by atoms with van der Waals surface area (Å²) in [5, 5.41) is 0. The zero-order chi connectivity index (χ0) is 16.8. The van der Waals surface area contributed by atoms with Gasteiger partial charge in [-0.3, -0.25) is 4.99 Å². The first-order valence-electron chi connectivity index (χ1n) is 8.47. The molecular formula is C19H18N2O4. The minimum atomic E-state index is 0.265. The number of hydrogen-bond acceptors (Lipinski definition) is 6. The van der Waals surface area contributed by atoms with E-state index in [1.54, 1.807) is 0 Å². The van der Waals surface area contributed by atoms with Gasteiger partial charge in [0.05, 0.1) is 11.4 Å². The molecule has 0 aromatic heterocycles. The van der Waals surface area contributed by atoms with Crippen molar-refractivity contribution in [2.45, 2.75) is 6.92 Å². The molecule has 3 heterocycles. The van der Waals surface area contributed by atoms with Crippen LogP contribution in [0.1, 0.15) is 18.1 Å². The second-order valence-electron chi connectivity index (χ2n) is 6.09. The van der Waals surface area contributed by atoms with Crippen molar-refractivity contribution in [1.82, 2.24) is 0 Å². The van der Waals surface area contributed by atoms with Crippen molar-refractivity contribution in [3.8, 4) is 23.0 Å². The number of nitrogens with zero attached hydrogens (tertiary/aromatic N) is 2. The van der Waals surface area contributed by atoms with Crippen molar-refractivity contribution >= 4 is 11.4 Å². The predicted octanol–water partition coefficient (Wildman–Crippen LogP) is 2.82. The summed E-state index contributed by atoms with van der Waals surface area (Å²) in [7, 11) is 0. The summed E-state index contributed by atoms with van der Waals surface area (Å²) in [6.45, 7) is 5.05. The van der Waals surface area contributed by atoms with E-state index in [0.29, 0.717) is 19.9 Å². The van der Waals surface area contributed by atoms with Crippen LogP contribution in [0.15, 0.2) is 35.3 Å². The summed E-state index contributed by atoms with van der Waals surface area (Å²) in [5.41, 5.74) is 4.12. The van der Waals surface area contributed by atoms with Crippen molar-refractivity contribution < 1.29 is 18.9 Å². The van der Waals surface area contributed by atoms with E-state index in [1.807, 2.05) is 30.3 Å². The molecule has 3 aliphatic rings. The molecule has 0 radical (unpaired) electrons. The molecule has 0 saturated heterocycles. The molecule has 2 aromatic carbocycles. The summed E-state index contributed by atoms with van der Waals surface area (Å²) >= 11 is 0. The standard InChI is InChI=1S/C19H18N2O4/c1-2-21-10-20-19(12-3-4-15-16(7-12)23-6-5-22-15)13-8-17-18(9-14(13)21)25-11-24-17/h3-4,7-9H,2,5-6,10-11H2,1H3. The number of benzene rings is 2. The first kappa shape index (κ1) is 14.5. The Morgan fingerprint density at radius 3 is 2.52 bits per heavy atom. The van der Waals surface area contributed by atoms with Crippen LogP contribution >= 0.6 is 0 Å². The lowest BCUT2D eigenvalue weighted by atomic mass is 9.97. The van der Waals surface area contributed by atoms with Gasteiger partial charge < -0.3 is 23.8 Å². The van der Waals surface area contributed by atoms with Crippen LogP contribution in [0.5, 0.6) is 23.0 Å². The Morgan fingerprint density at radius 2 is 1.68 bits per heavy atom. The fraction of sp³-hybridized carbons (Fsp3) is 0.316. The Bertz CT molecular complexity index is 878. The molecule has 0 saturated carbocycles. The number of anilines is 1. The fourth-order valence-electron chi connectivity index (χ4n) is 3.41. The van der Waals surface area contributed by atoms with Crippen molar-refractivity contribution in [2.24, 2.45) is 4.99 Å². The fourth-order valence-corrected chi connectivity index (χ4v) is 3.41. The lowest BCUT2D eigenvalue weighted by Crippen LogP contribution is -2.30. The second kappa shape index (κ2) is 5.58. The van der Waals surface area contributed by atoms with E-state index in [0.717, 1.165) is 52.1 Å². The number of ether oxygens (including phenoxy) is 4. The minimum absolute atomic E-state index is 0.265. The highest BCUT2D eigenvalue weighted by molar-refractivity contribution is 6.17. The number of rotatable bonds is 2. The molecule has 0 spiro atoms. The average Bonchev–Trinajstić information content (AvgIpc) is 3.12. The smallest absolute Gasteiger partial charge is 0.231 e. The molecule has 5 rings (SSSR count). The quantitative estimate of drug-likeness (QED) is 0.843. The van der Waals surface area contributed by atoms with Crippen LogP contribution in [0.4, 0.5) is 5.69 Å². The molecule has 128 valence electrons. The molecule has 0 amide bonds. The van der Waals surface area contributed by atoms with E-state index in [2.05, 4.69) is 11.8 Å². The van der Waals surface area contributed by atoms with E-state index >= 15 is 0 Å². The van der Waals surface area contributed by atoms with Crippen LogP contribution in [0, 0.1) is 0 Å². The van der Waals surface area contributed by atoms with Crippen molar-refractivity contribution in [3.63, 3.8) is 0 Å². The maximum Gasteiger partial charge on any atom is 0.231 e. The van der Waals surface area contributed by atoms with Crippen LogP contribution in [0.25, 0.3) is 0 Å². The summed E-state index contributed by atoms with van der Waals surface area (Å²) in [6.07, 6.45) is 0. The molecule has 0 fully saturated rings. The third-order valence-corrected chi connectivity index (χ3v) is 4.68. The molecule has 0 bridgehead atoms. The molecule has 6 nitrogen and oxygen atoms in total. The van der Waals surface area contributed by atoms with Gasteiger partial charge in [-0.2, -0.15) is 0 Å². The molecule has 0 aliphatic carbocycles. The van der Waals surface area contributed by atoms with Crippen molar-refractivity contribution in [3.05, 3.63) is 41.5 Å². The van der Waals surface area contributed by atoms with Crippen molar-refractivity contribution in [2.75, 3.05) is 38.1 Å². The van der Waals surface area contributed by atoms with E-state index in [4.69, 9.17) is 23.9 Å². The molecule has 2 aromatic rings. The molecule has 0 atom stereocenters. The SMILES string of the molecule is CCN1CN=C(c2ccc3c(c2)OCCO3)c2cc3c(cc21)OCO3. The Labute approximate surface area is 145 Å². The normalized spacial score (nSPS) is 17.2. The van der Waals surface area contributed by atoms with E-state index in [1.165, 1.54) is 0 Å². The minimum Gasteiger partial charge on any atom is -0.486 e. The summed E-state index contributed by atoms with van der Waals surface area (Å²) in [6, 6.07) is 10.1. The molecule has 0 N–H and O–H groups in total. The van der Waals surface area contributed by atoms with E-state index < -0.39 is 0 Å². The number of hydrogen-bond donors (Lipinski definition) is 0. The summed E-state index contributed by atoms with van der Waals surface area (Å²) < 4.78 is 22.5.